The lowest BCUT2D eigenvalue weighted by Crippen LogP contribution is -2.05. The zero-order chi connectivity index (χ0) is 12.2. The van der Waals surface area contributed by atoms with E-state index in [0.717, 1.165) is 12.8 Å². The maximum absolute atomic E-state index is 11.3. The van der Waals surface area contributed by atoms with Crippen molar-refractivity contribution in [1.29, 1.82) is 0 Å². The molecule has 0 aliphatic carbocycles. The predicted molar refractivity (Wildman–Crippen MR) is 64.3 cm³/mol. The first-order chi connectivity index (χ1) is 7.70. The van der Waals surface area contributed by atoms with Gasteiger partial charge < -0.3 is 4.74 Å². The standard InChI is InChI=1S/C13H24O3/c1-3-4-5-6-7-8-9-12(14)10-11-13(15)16-2/h3-11H2,1-2H3. The largest absolute Gasteiger partial charge is 0.469 e. The number of rotatable bonds is 10. The van der Waals surface area contributed by atoms with Gasteiger partial charge in [-0.15, -0.1) is 0 Å². The van der Waals surface area contributed by atoms with E-state index in [1.165, 1.54) is 32.8 Å². The van der Waals surface area contributed by atoms with E-state index in [1.54, 1.807) is 0 Å². The van der Waals surface area contributed by atoms with Crippen molar-refractivity contribution in [2.24, 2.45) is 0 Å². The van der Waals surface area contributed by atoms with Crippen LogP contribution in [-0.4, -0.2) is 18.9 Å². The summed E-state index contributed by atoms with van der Waals surface area (Å²) in [7, 11) is 1.35. The molecule has 0 aromatic rings. The molecule has 0 N–H and O–H groups in total. The zero-order valence-electron chi connectivity index (χ0n) is 10.6. The van der Waals surface area contributed by atoms with Crippen LogP contribution < -0.4 is 0 Å². The number of carbonyl (C=O) groups is 2. The van der Waals surface area contributed by atoms with Crippen molar-refractivity contribution in [1.82, 2.24) is 0 Å². The highest BCUT2D eigenvalue weighted by molar-refractivity contribution is 5.82. The minimum Gasteiger partial charge on any atom is -0.469 e. The summed E-state index contributed by atoms with van der Waals surface area (Å²) in [6.07, 6.45) is 8.29. The van der Waals surface area contributed by atoms with E-state index < -0.39 is 0 Å². The number of carbonyl (C=O) groups excluding carboxylic acids is 2. The van der Waals surface area contributed by atoms with Crippen molar-refractivity contribution in [3.63, 3.8) is 0 Å². The summed E-state index contributed by atoms with van der Waals surface area (Å²) in [6.45, 7) is 2.19. The molecule has 0 heterocycles. The number of ketones is 1. The van der Waals surface area contributed by atoms with Gasteiger partial charge in [-0.3, -0.25) is 9.59 Å². The Hall–Kier alpha value is -0.860. The average molecular weight is 228 g/mol. The van der Waals surface area contributed by atoms with Crippen molar-refractivity contribution in [2.75, 3.05) is 7.11 Å². The molecule has 0 aliphatic heterocycles. The fraction of sp³-hybridized carbons (Fsp3) is 0.846. The minimum atomic E-state index is -0.295. The van der Waals surface area contributed by atoms with Crippen LogP contribution in [0.4, 0.5) is 0 Å². The highest BCUT2D eigenvalue weighted by Gasteiger charge is 2.06. The Morgan fingerprint density at radius 2 is 1.50 bits per heavy atom. The fourth-order valence-corrected chi connectivity index (χ4v) is 1.57. The first kappa shape index (κ1) is 15.1. The van der Waals surface area contributed by atoms with Crippen molar-refractivity contribution >= 4 is 11.8 Å². The van der Waals surface area contributed by atoms with Gasteiger partial charge >= 0.3 is 5.97 Å². The third kappa shape index (κ3) is 9.69. The van der Waals surface area contributed by atoms with Crippen LogP contribution in [0.5, 0.6) is 0 Å². The maximum Gasteiger partial charge on any atom is 0.305 e. The second-order valence-electron chi connectivity index (χ2n) is 4.13. The van der Waals surface area contributed by atoms with Crippen LogP contribution in [0.2, 0.25) is 0 Å². The van der Waals surface area contributed by atoms with Gasteiger partial charge in [-0.25, -0.2) is 0 Å². The molecule has 0 saturated carbocycles. The topological polar surface area (TPSA) is 43.4 Å². The lowest BCUT2D eigenvalue weighted by atomic mass is 10.1. The van der Waals surface area contributed by atoms with E-state index in [0.29, 0.717) is 12.8 Å². The quantitative estimate of drug-likeness (QED) is 0.426. The second-order valence-corrected chi connectivity index (χ2v) is 4.13. The van der Waals surface area contributed by atoms with Gasteiger partial charge in [0.1, 0.15) is 5.78 Å². The van der Waals surface area contributed by atoms with E-state index in [9.17, 15) is 9.59 Å². The number of hydrogen-bond acceptors (Lipinski definition) is 3. The molecule has 0 rings (SSSR count). The van der Waals surface area contributed by atoms with Gasteiger partial charge in [-0.05, 0) is 6.42 Å². The van der Waals surface area contributed by atoms with Crippen molar-refractivity contribution < 1.29 is 14.3 Å². The summed E-state index contributed by atoms with van der Waals surface area (Å²) >= 11 is 0. The molecular formula is C13H24O3. The molecule has 0 fully saturated rings. The van der Waals surface area contributed by atoms with E-state index in [1.807, 2.05) is 0 Å². The monoisotopic (exact) mass is 228 g/mol. The van der Waals surface area contributed by atoms with Gasteiger partial charge in [0.25, 0.3) is 0 Å². The van der Waals surface area contributed by atoms with Gasteiger partial charge in [0.05, 0.1) is 13.5 Å². The molecule has 0 aromatic heterocycles. The normalized spacial score (nSPS) is 10.1. The summed E-state index contributed by atoms with van der Waals surface area (Å²) < 4.78 is 4.48. The summed E-state index contributed by atoms with van der Waals surface area (Å²) in [5, 5.41) is 0. The van der Waals surface area contributed by atoms with Crippen molar-refractivity contribution in [3.8, 4) is 0 Å². The SMILES string of the molecule is CCCCCCCCC(=O)CCC(=O)OC. The number of esters is 1. The first-order valence-corrected chi connectivity index (χ1v) is 6.29. The van der Waals surface area contributed by atoms with Crippen LogP contribution in [0, 0.1) is 0 Å². The molecule has 0 unspecified atom stereocenters. The van der Waals surface area contributed by atoms with E-state index in [-0.39, 0.29) is 18.2 Å². The van der Waals surface area contributed by atoms with Crippen molar-refractivity contribution in [2.45, 2.75) is 64.7 Å². The predicted octanol–water partition coefficient (Wildman–Crippen LogP) is 3.26. The molecule has 0 bridgehead atoms. The number of ether oxygens (including phenoxy) is 1. The van der Waals surface area contributed by atoms with Crippen LogP contribution in [-0.2, 0) is 14.3 Å². The Bertz CT molecular complexity index is 199. The smallest absolute Gasteiger partial charge is 0.305 e. The summed E-state index contributed by atoms with van der Waals surface area (Å²) in [5.74, 6) is -0.114. The summed E-state index contributed by atoms with van der Waals surface area (Å²) in [6, 6.07) is 0. The molecule has 94 valence electrons. The molecule has 0 atom stereocenters. The van der Waals surface area contributed by atoms with Crippen LogP contribution in [0.15, 0.2) is 0 Å². The Kier molecular flexibility index (Phi) is 10.1. The molecule has 0 aliphatic rings. The van der Waals surface area contributed by atoms with Crippen LogP contribution >= 0.6 is 0 Å². The Morgan fingerprint density at radius 3 is 2.12 bits per heavy atom. The molecule has 3 heteroatoms. The lowest BCUT2D eigenvalue weighted by Gasteiger charge is -2.01. The number of methoxy groups -OCH3 is 1. The second kappa shape index (κ2) is 10.7. The number of Topliss-reactive ketones (excluding diaryl/α,β-unsaturated/α-hetero) is 1. The van der Waals surface area contributed by atoms with Crippen LogP contribution in [0.25, 0.3) is 0 Å². The van der Waals surface area contributed by atoms with E-state index in [4.69, 9.17) is 0 Å². The molecular weight excluding hydrogens is 204 g/mol. The highest BCUT2D eigenvalue weighted by Crippen LogP contribution is 2.08. The summed E-state index contributed by atoms with van der Waals surface area (Å²) in [5.41, 5.74) is 0. The highest BCUT2D eigenvalue weighted by atomic mass is 16.5. The zero-order valence-corrected chi connectivity index (χ0v) is 10.6. The van der Waals surface area contributed by atoms with E-state index >= 15 is 0 Å². The van der Waals surface area contributed by atoms with Gasteiger partial charge in [-0.1, -0.05) is 39.0 Å². The maximum atomic E-state index is 11.3. The van der Waals surface area contributed by atoms with Gasteiger partial charge in [0, 0.05) is 12.8 Å². The molecule has 0 aromatic carbocycles. The van der Waals surface area contributed by atoms with Gasteiger partial charge in [0.15, 0.2) is 0 Å². The fourth-order valence-electron chi connectivity index (χ4n) is 1.57. The van der Waals surface area contributed by atoms with Gasteiger partial charge in [0.2, 0.25) is 0 Å². The van der Waals surface area contributed by atoms with E-state index in [2.05, 4.69) is 11.7 Å². The first-order valence-electron chi connectivity index (χ1n) is 6.29. The third-order valence-electron chi connectivity index (χ3n) is 2.64. The molecule has 0 saturated heterocycles. The molecule has 0 spiro atoms. The van der Waals surface area contributed by atoms with Crippen molar-refractivity contribution in [3.05, 3.63) is 0 Å². The number of hydrogen-bond donors (Lipinski definition) is 0. The molecule has 0 radical (unpaired) electrons. The third-order valence-corrected chi connectivity index (χ3v) is 2.64. The lowest BCUT2D eigenvalue weighted by molar-refractivity contribution is -0.141. The summed E-state index contributed by atoms with van der Waals surface area (Å²) in [4.78, 5) is 22.1. The molecule has 0 amide bonds. The average Bonchev–Trinajstić information content (AvgIpc) is 2.30. The molecule has 16 heavy (non-hydrogen) atoms. The Morgan fingerprint density at radius 1 is 0.875 bits per heavy atom. The minimum absolute atomic E-state index is 0.181. The Balaban J connectivity index is 3.27. The number of unbranched alkanes of at least 4 members (excludes halogenated alkanes) is 5. The van der Waals surface area contributed by atoms with Crippen LogP contribution in [0.1, 0.15) is 64.7 Å². The van der Waals surface area contributed by atoms with Gasteiger partial charge in [-0.2, -0.15) is 0 Å². The Labute approximate surface area is 98.6 Å². The van der Waals surface area contributed by atoms with Crippen LogP contribution in [0.3, 0.4) is 0 Å². The molecule has 3 nitrogen and oxygen atoms in total.